The van der Waals surface area contributed by atoms with E-state index in [1.54, 1.807) is 9.80 Å². The van der Waals surface area contributed by atoms with Crippen molar-refractivity contribution < 1.29 is 14.3 Å². The van der Waals surface area contributed by atoms with E-state index in [1.165, 1.54) is 23.1 Å². The first-order valence-corrected chi connectivity index (χ1v) is 11.3. The molecular formula is C21H21N3O3S2. The standard InChI is InChI=1S/C21H21N3O3S2/c1-2-27-16-9-7-15(8-10-16)24(19(25)11-12-23-13-14-28-21(23)26)20-22-17-5-3-4-6-18(17)29-20/h3-10H,2,11-14H2,1H3. The number of amides is 2. The Bertz CT molecular complexity index is 986. The molecule has 0 atom stereocenters. The Kier molecular flexibility index (Phi) is 6.01. The van der Waals surface area contributed by atoms with Gasteiger partial charge in [0.2, 0.25) is 5.91 Å². The van der Waals surface area contributed by atoms with E-state index in [9.17, 15) is 9.59 Å². The molecule has 0 N–H and O–H groups in total. The van der Waals surface area contributed by atoms with Crippen LogP contribution < -0.4 is 9.64 Å². The van der Waals surface area contributed by atoms with E-state index < -0.39 is 0 Å². The Labute approximate surface area is 177 Å². The molecule has 0 radical (unpaired) electrons. The van der Waals surface area contributed by atoms with Crippen molar-refractivity contribution in [1.29, 1.82) is 0 Å². The number of carbonyl (C=O) groups excluding carboxylic acids is 2. The molecule has 1 saturated heterocycles. The third-order valence-electron chi connectivity index (χ3n) is 4.57. The van der Waals surface area contributed by atoms with E-state index in [1.807, 2.05) is 55.5 Å². The van der Waals surface area contributed by atoms with E-state index in [-0.39, 0.29) is 17.6 Å². The zero-order chi connectivity index (χ0) is 20.2. The van der Waals surface area contributed by atoms with Gasteiger partial charge < -0.3 is 9.64 Å². The number of ether oxygens (including phenoxy) is 1. The van der Waals surface area contributed by atoms with Gasteiger partial charge in [-0.2, -0.15) is 0 Å². The summed E-state index contributed by atoms with van der Waals surface area (Å²) < 4.78 is 6.54. The minimum absolute atomic E-state index is 0.0467. The second-order valence-electron chi connectivity index (χ2n) is 6.47. The molecule has 1 aromatic heterocycles. The molecule has 0 bridgehead atoms. The molecule has 0 unspecified atom stereocenters. The number of hydrogen-bond acceptors (Lipinski definition) is 6. The molecule has 2 amide bonds. The Morgan fingerprint density at radius 2 is 2.00 bits per heavy atom. The predicted octanol–water partition coefficient (Wildman–Crippen LogP) is 4.92. The number of nitrogens with zero attached hydrogens (tertiary/aromatic N) is 3. The molecule has 0 spiro atoms. The number of aromatic nitrogens is 1. The molecule has 8 heteroatoms. The van der Waals surface area contributed by atoms with Crippen molar-refractivity contribution in [3.05, 3.63) is 48.5 Å². The lowest BCUT2D eigenvalue weighted by atomic mass is 10.2. The number of benzene rings is 2. The summed E-state index contributed by atoms with van der Waals surface area (Å²) in [5.74, 6) is 1.46. The molecule has 1 aliphatic rings. The number of thioether (sulfide) groups is 1. The molecule has 6 nitrogen and oxygen atoms in total. The number of carbonyl (C=O) groups is 2. The minimum Gasteiger partial charge on any atom is -0.494 e. The predicted molar refractivity (Wildman–Crippen MR) is 118 cm³/mol. The Hall–Kier alpha value is -2.58. The van der Waals surface area contributed by atoms with Crippen LogP contribution in [0.5, 0.6) is 5.75 Å². The summed E-state index contributed by atoms with van der Waals surface area (Å²) in [6, 6.07) is 15.3. The normalized spacial score (nSPS) is 13.8. The van der Waals surface area contributed by atoms with Crippen LogP contribution in [0.2, 0.25) is 0 Å². The first kappa shape index (κ1) is 19.7. The maximum absolute atomic E-state index is 13.2. The summed E-state index contributed by atoms with van der Waals surface area (Å²) in [4.78, 5) is 33.1. The molecule has 2 heterocycles. The lowest BCUT2D eigenvalue weighted by Gasteiger charge is -2.22. The van der Waals surface area contributed by atoms with Gasteiger partial charge in [0.25, 0.3) is 5.24 Å². The van der Waals surface area contributed by atoms with Gasteiger partial charge in [0.1, 0.15) is 5.75 Å². The van der Waals surface area contributed by atoms with Crippen LogP contribution in [0.1, 0.15) is 13.3 Å². The summed E-state index contributed by atoms with van der Waals surface area (Å²) in [5.41, 5.74) is 1.60. The van der Waals surface area contributed by atoms with Crippen molar-refractivity contribution in [2.24, 2.45) is 0 Å². The number of rotatable bonds is 7. The van der Waals surface area contributed by atoms with Gasteiger partial charge >= 0.3 is 0 Å². The Morgan fingerprint density at radius 3 is 2.69 bits per heavy atom. The second kappa shape index (κ2) is 8.84. The van der Waals surface area contributed by atoms with Gasteiger partial charge in [0.15, 0.2) is 5.13 Å². The third-order valence-corrected chi connectivity index (χ3v) is 6.48. The zero-order valence-corrected chi connectivity index (χ0v) is 17.7. The SMILES string of the molecule is CCOc1ccc(N(C(=O)CCN2CCSC2=O)c2nc3ccccc3s2)cc1. The van der Waals surface area contributed by atoms with Crippen LogP contribution in [0.25, 0.3) is 10.2 Å². The highest BCUT2D eigenvalue weighted by molar-refractivity contribution is 8.13. The Balaban J connectivity index is 1.62. The molecule has 0 saturated carbocycles. The molecule has 4 rings (SSSR count). The monoisotopic (exact) mass is 427 g/mol. The molecule has 150 valence electrons. The molecule has 3 aromatic rings. The molecule has 2 aromatic carbocycles. The van der Waals surface area contributed by atoms with Crippen LogP contribution in [0, 0.1) is 0 Å². The van der Waals surface area contributed by atoms with E-state index in [0.29, 0.717) is 24.8 Å². The van der Waals surface area contributed by atoms with Gasteiger partial charge in [-0.05, 0) is 43.3 Å². The summed E-state index contributed by atoms with van der Waals surface area (Å²) in [5, 5.41) is 0.674. The molecular weight excluding hydrogens is 406 g/mol. The van der Waals surface area contributed by atoms with Gasteiger partial charge in [-0.15, -0.1) is 0 Å². The fourth-order valence-electron chi connectivity index (χ4n) is 3.15. The molecule has 1 aliphatic heterocycles. The van der Waals surface area contributed by atoms with Crippen LogP contribution in [-0.2, 0) is 4.79 Å². The van der Waals surface area contributed by atoms with Crippen molar-refractivity contribution in [2.45, 2.75) is 13.3 Å². The maximum atomic E-state index is 13.2. The first-order chi connectivity index (χ1) is 14.2. The largest absolute Gasteiger partial charge is 0.494 e. The maximum Gasteiger partial charge on any atom is 0.281 e. The van der Waals surface area contributed by atoms with Crippen molar-refractivity contribution in [2.75, 3.05) is 30.3 Å². The third kappa shape index (κ3) is 4.38. The van der Waals surface area contributed by atoms with Crippen LogP contribution in [0.3, 0.4) is 0 Å². The Morgan fingerprint density at radius 1 is 1.21 bits per heavy atom. The lowest BCUT2D eigenvalue weighted by molar-refractivity contribution is -0.118. The highest BCUT2D eigenvalue weighted by Gasteiger charge is 2.25. The van der Waals surface area contributed by atoms with Gasteiger partial charge in [0, 0.05) is 25.3 Å². The van der Waals surface area contributed by atoms with Crippen LogP contribution in [-0.4, -0.2) is 46.5 Å². The summed E-state index contributed by atoms with van der Waals surface area (Å²) in [6.45, 7) is 3.63. The number of hydrogen-bond donors (Lipinski definition) is 0. The van der Waals surface area contributed by atoms with Crippen LogP contribution in [0.15, 0.2) is 48.5 Å². The highest BCUT2D eigenvalue weighted by atomic mass is 32.2. The summed E-state index contributed by atoms with van der Waals surface area (Å²) in [6.07, 6.45) is 0.245. The second-order valence-corrected chi connectivity index (χ2v) is 8.53. The quantitative estimate of drug-likeness (QED) is 0.536. The molecule has 0 aliphatic carbocycles. The van der Waals surface area contributed by atoms with Gasteiger partial charge in [-0.1, -0.05) is 35.2 Å². The average Bonchev–Trinajstić information content (AvgIpc) is 3.33. The van der Waals surface area contributed by atoms with Crippen molar-refractivity contribution in [3.63, 3.8) is 0 Å². The van der Waals surface area contributed by atoms with Gasteiger partial charge in [-0.25, -0.2) is 4.98 Å². The van der Waals surface area contributed by atoms with E-state index in [2.05, 4.69) is 4.98 Å². The van der Waals surface area contributed by atoms with Crippen LogP contribution in [0.4, 0.5) is 15.6 Å². The van der Waals surface area contributed by atoms with Crippen molar-refractivity contribution in [1.82, 2.24) is 9.88 Å². The highest BCUT2D eigenvalue weighted by Crippen LogP contribution is 2.34. The van der Waals surface area contributed by atoms with Gasteiger partial charge in [-0.3, -0.25) is 14.5 Å². The number of para-hydroxylation sites is 1. The van der Waals surface area contributed by atoms with E-state index in [4.69, 9.17) is 4.74 Å². The molecule has 1 fully saturated rings. The number of anilines is 2. The average molecular weight is 428 g/mol. The fourth-order valence-corrected chi connectivity index (χ4v) is 5.00. The number of thiazole rings is 1. The summed E-state index contributed by atoms with van der Waals surface area (Å²) >= 11 is 2.79. The zero-order valence-electron chi connectivity index (χ0n) is 16.0. The molecule has 29 heavy (non-hydrogen) atoms. The first-order valence-electron chi connectivity index (χ1n) is 9.49. The van der Waals surface area contributed by atoms with Gasteiger partial charge in [0.05, 0.1) is 22.5 Å². The smallest absolute Gasteiger partial charge is 0.281 e. The fraction of sp³-hybridized carbons (Fsp3) is 0.286. The minimum atomic E-state index is -0.0853. The number of fused-ring (bicyclic) bond motifs is 1. The van der Waals surface area contributed by atoms with Crippen molar-refractivity contribution >= 4 is 55.3 Å². The van der Waals surface area contributed by atoms with E-state index in [0.717, 1.165) is 27.4 Å². The lowest BCUT2D eigenvalue weighted by Crippen LogP contribution is -2.32. The van der Waals surface area contributed by atoms with E-state index >= 15 is 0 Å². The topological polar surface area (TPSA) is 62.7 Å². The van der Waals surface area contributed by atoms with Crippen LogP contribution >= 0.6 is 23.1 Å². The summed E-state index contributed by atoms with van der Waals surface area (Å²) in [7, 11) is 0. The van der Waals surface area contributed by atoms with Crippen molar-refractivity contribution in [3.8, 4) is 5.75 Å².